The van der Waals surface area contributed by atoms with Crippen molar-refractivity contribution in [3.8, 4) is 10.7 Å². The number of carbonyl (C=O) groups is 1. The zero-order chi connectivity index (χ0) is 15.6. The number of aliphatic carboxylic acids is 1. The van der Waals surface area contributed by atoms with Crippen molar-refractivity contribution in [3.05, 3.63) is 16.0 Å². The fraction of sp³-hybridized carbons (Fsp3) is 0.462. The zero-order valence-electron chi connectivity index (χ0n) is 12.0. The third-order valence-corrected chi connectivity index (χ3v) is 5.34. The third-order valence-electron chi connectivity index (χ3n) is 2.69. The number of thioether (sulfide) groups is 1. The van der Waals surface area contributed by atoms with Gasteiger partial charge in [-0.3, -0.25) is 4.79 Å². The van der Waals surface area contributed by atoms with Gasteiger partial charge in [0, 0.05) is 6.54 Å². The van der Waals surface area contributed by atoms with Gasteiger partial charge in [0.15, 0.2) is 11.0 Å². The minimum atomic E-state index is -0.870. The fourth-order valence-corrected chi connectivity index (χ4v) is 3.74. The van der Waals surface area contributed by atoms with Crippen molar-refractivity contribution in [2.75, 3.05) is 5.75 Å². The van der Waals surface area contributed by atoms with Crippen LogP contribution in [0.4, 0.5) is 0 Å². The van der Waals surface area contributed by atoms with Gasteiger partial charge in [0.05, 0.1) is 15.7 Å². The first-order valence-corrected chi connectivity index (χ1v) is 8.66. The molecule has 0 saturated carbocycles. The summed E-state index contributed by atoms with van der Waals surface area (Å²) in [6, 6.07) is 0. The molecule has 0 amide bonds. The van der Waals surface area contributed by atoms with Crippen LogP contribution in [-0.2, 0) is 11.3 Å². The van der Waals surface area contributed by atoms with Gasteiger partial charge in [0.2, 0.25) is 0 Å². The maximum absolute atomic E-state index is 10.7. The van der Waals surface area contributed by atoms with Crippen molar-refractivity contribution < 1.29 is 9.90 Å². The first-order chi connectivity index (χ1) is 9.90. The minimum absolute atomic E-state index is 0.0343. The molecule has 2 heterocycles. The Balaban J connectivity index is 2.41. The maximum atomic E-state index is 10.7. The molecular weight excluding hydrogens is 330 g/mol. The normalized spacial score (nSPS) is 11.3. The highest BCUT2D eigenvalue weighted by Gasteiger charge is 2.20. The molecule has 0 radical (unpaired) electrons. The molecule has 0 atom stereocenters. The standard InChI is InChI=1S/C13H16ClN3O2S2/c1-7(2)4-17-12(11-10(14)8(3)5-20-11)15-16-13(17)21-6-9(18)19/h5,7H,4,6H2,1-3H3,(H,18,19). The van der Waals surface area contributed by atoms with E-state index in [9.17, 15) is 4.79 Å². The lowest BCUT2D eigenvalue weighted by molar-refractivity contribution is -0.133. The first kappa shape index (κ1) is 16.3. The van der Waals surface area contributed by atoms with Gasteiger partial charge in [-0.15, -0.1) is 21.5 Å². The van der Waals surface area contributed by atoms with E-state index in [1.807, 2.05) is 16.9 Å². The molecule has 0 unspecified atom stereocenters. The number of hydrogen-bond donors (Lipinski definition) is 1. The van der Waals surface area contributed by atoms with Crippen molar-refractivity contribution in [2.45, 2.75) is 32.5 Å². The second kappa shape index (κ2) is 6.81. The Bertz CT molecular complexity index is 652. The zero-order valence-corrected chi connectivity index (χ0v) is 14.3. The Labute approximate surface area is 136 Å². The average molecular weight is 346 g/mol. The molecule has 0 saturated heterocycles. The number of aromatic nitrogens is 3. The number of carboxylic acid groups (broad SMARTS) is 1. The summed E-state index contributed by atoms with van der Waals surface area (Å²) < 4.78 is 1.95. The number of carboxylic acids is 1. The van der Waals surface area contributed by atoms with E-state index >= 15 is 0 Å². The van der Waals surface area contributed by atoms with Crippen molar-refractivity contribution in [3.63, 3.8) is 0 Å². The first-order valence-electron chi connectivity index (χ1n) is 6.42. The lowest BCUT2D eigenvalue weighted by Crippen LogP contribution is -2.08. The highest BCUT2D eigenvalue weighted by molar-refractivity contribution is 7.99. The molecule has 8 heteroatoms. The van der Waals surface area contributed by atoms with Gasteiger partial charge in [-0.1, -0.05) is 37.2 Å². The third kappa shape index (κ3) is 3.78. The number of hydrogen-bond acceptors (Lipinski definition) is 5. The summed E-state index contributed by atoms with van der Waals surface area (Å²) in [4.78, 5) is 11.6. The summed E-state index contributed by atoms with van der Waals surface area (Å²) in [5, 5.41) is 20.5. The average Bonchev–Trinajstić information content (AvgIpc) is 2.92. The van der Waals surface area contributed by atoms with Gasteiger partial charge in [0.25, 0.3) is 0 Å². The number of aryl methyl sites for hydroxylation is 1. The van der Waals surface area contributed by atoms with Crippen LogP contribution in [0, 0.1) is 12.8 Å². The van der Waals surface area contributed by atoms with Crippen LogP contribution in [0.25, 0.3) is 10.7 Å². The number of rotatable bonds is 6. The topological polar surface area (TPSA) is 68.0 Å². The molecule has 2 aromatic rings. The van der Waals surface area contributed by atoms with Gasteiger partial charge in [-0.2, -0.15) is 0 Å². The summed E-state index contributed by atoms with van der Waals surface area (Å²) in [6.07, 6.45) is 0. The summed E-state index contributed by atoms with van der Waals surface area (Å²) in [6.45, 7) is 6.86. The van der Waals surface area contributed by atoms with Gasteiger partial charge in [0.1, 0.15) is 0 Å². The highest BCUT2D eigenvalue weighted by atomic mass is 35.5. The van der Waals surface area contributed by atoms with E-state index in [0.717, 1.165) is 17.0 Å². The summed E-state index contributed by atoms with van der Waals surface area (Å²) in [5.74, 6) is 0.196. The summed E-state index contributed by atoms with van der Waals surface area (Å²) in [5.41, 5.74) is 1.01. The van der Waals surface area contributed by atoms with Crippen LogP contribution >= 0.6 is 34.7 Å². The van der Waals surface area contributed by atoms with Crippen LogP contribution in [0.1, 0.15) is 19.4 Å². The van der Waals surface area contributed by atoms with E-state index in [1.165, 1.54) is 23.1 Å². The van der Waals surface area contributed by atoms with Crippen LogP contribution in [0.15, 0.2) is 10.5 Å². The number of halogens is 1. The van der Waals surface area contributed by atoms with E-state index < -0.39 is 5.97 Å². The van der Waals surface area contributed by atoms with E-state index in [-0.39, 0.29) is 5.75 Å². The largest absolute Gasteiger partial charge is 0.481 e. The van der Waals surface area contributed by atoms with E-state index in [2.05, 4.69) is 24.0 Å². The van der Waals surface area contributed by atoms with E-state index in [4.69, 9.17) is 16.7 Å². The Hall–Kier alpha value is -1.05. The molecule has 0 aliphatic carbocycles. The molecule has 114 valence electrons. The summed E-state index contributed by atoms with van der Waals surface area (Å²) in [7, 11) is 0. The quantitative estimate of drug-likeness (QED) is 0.806. The fourth-order valence-electron chi connectivity index (χ4n) is 1.80. The molecule has 0 bridgehead atoms. The molecular formula is C13H16ClN3O2S2. The van der Waals surface area contributed by atoms with Crippen LogP contribution in [0.2, 0.25) is 5.02 Å². The van der Waals surface area contributed by atoms with Gasteiger partial charge in [-0.05, 0) is 23.8 Å². The molecule has 2 aromatic heterocycles. The SMILES string of the molecule is Cc1csc(-c2nnc(SCC(=O)O)n2CC(C)C)c1Cl. The number of thiophene rings is 1. The molecule has 0 aliphatic rings. The van der Waals surface area contributed by atoms with Crippen LogP contribution in [0.5, 0.6) is 0 Å². The Morgan fingerprint density at radius 3 is 2.76 bits per heavy atom. The molecule has 0 fully saturated rings. The van der Waals surface area contributed by atoms with Gasteiger partial charge in [-0.25, -0.2) is 0 Å². The van der Waals surface area contributed by atoms with Crippen LogP contribution in [-0.4, -0.2) is 31.6 Å². The Morgan fingerprint density at radius 1 is 1.52 bits per heavy atom. The second-order valence-corrected chi connectivity index (χ2v) is 7.25. The van der Waals surface area contributed by atoms with Gasteiger partial charge < -0.3 is 9.67 Å². The van der Waals surface area contributed by atoms with Crippen molar-refractivity contribution in [2.24, 2.45) is 5.92 Å². The molecule has 5 nitrogen and oxygen atoms in total. The predicted molar refractivity (Wildman–Crippen MR) is 86.3 cm³/mol. The lowest BCUT2D eigenvalue weighted by Gasteiger charge is -2.11. The minimum Gasteiger partial charge on any atom is -0.481 e. The van der Waals surface area contributed by atoms with Crippen molar-refractivity contribution in [1.29, 1.82) is 0 Å². The van der Waals surface area contributed by atoms with Gasteiger partial charge >= 0.3 is 5.97 Å². The number of nitrogens with zero attached hydrogens (tertiary/aromatic N) is 3. The van der Waals surface area contributed by atoms with E-state index in [0.29, 0.717) is 21.9 Å². The molecule has 2 rings (SSSR count). The highest BCUT2D eigenvalue weighted by Crippen LogP contribution is 2.36. The maximum Gasteiger partial charge on any atom is 0.313 e. The molecule has 0 aromatic carbocycles. The smallest absolute Gasteiger partial charge is 0.313 e. The monoisotopic (exact) mass is 345 g/mol. The molecule has 21 heavy (non-hydrogen) atoms. The van der Waals surface area contributed by atoms with Crippen molar-refractivity contribution in [1.82, 2.24) is 14.8 Å². The molecule has 1 N–H and O–H groups in total. The summed E-state index contributed by atoms with van der Waals surface area (Å²) >= 11 is 9.02. The van der Waals surface area contributed by atoms with Crippen molar-refractivity contribution >= 4 is 40.7 Å². The van der Waals surface area contributed by atoms with Crippen LogP contribution in [0.3, 0.4) is 0 Å². The van der Waals surface area contributed by atoms with E-state index in [1.54, 1.807) is 0 Å². The lowest BCUT2D eigenvalue weighted by atomic mass is 10.2. The predicted octanol–water partition coefficient (Wildman–Crippen LogP) is 3.80. The molecule has 0 spiro atoms. The molecule has 0 aliphatic heterocycles. The second-order valence-electron chi connectivity index (χ2n) is 5.05. The Kier molecular flexibility index (Phi) is 5.29. The Morgan fingerprint density at radius 2 is 2.24 bits per heavy atom. The van der Waals surface area contributed by atoms with Crippen LogP contribution < -0.4 is 0 Å².